The van der Waals surface area contributed by atoms with Crippen LogP contribution in [0.3, 0.4) is 0 Å². The number of hydrogen-bond donors (Lipinski definition) is 2. The van der Waals surface area contributed by atoms with Gasteiger partial charge in [0, 0.05) is 17.8 Å². The van der Waals surface area contributed by atoms with Crippen LogP contribution in [0.25, 0.3) is 0 Å². The number of alkyl carbamates (subject to hydrolysis) is 1. The first-order chi connectivity index (χ1) is 18.4. The first-order valence-electron chi connectivity index (χ1n) is 13.6. The number of anilines is 1. The Balaban J connectivity index is 2.57. The summed E-state index contributed by atoms with van der Waals surface area (Å²) >= 11 is 0. The van der Waals surface area contributed by atoms with Gasteiger partial charge >= 0.3 is 6.09 Å². The largest absolute Gasteiger partial charge is 0.444 e. The topological polar surface area (TPSA) is 87.7 Å². The number of nitrogens with zero attached hydrogens (tertiary/aromatic N) is 1. The first-order valence-corrected chi connectivity index (χ1v) is 13.6. The highest BCUT2D eigenvalue weighted by Gasteiger charge is 2.38. The van der Waals surface area contributed by atoms with E-state index in [1.807, 2.05) is 52.0 Å². The molecule has 7 nitrogen and oxygen atoms in total. The van der Waals surface area contributed by atoms with Crippen molar-refractivity contribution in [2.75, 3.05) is 11.9 Å². The van der Waals surface area contributed by atoms with E-state index in [-0.39, 0.29) is 17.7 Å². The lowest BCUT2D eigenvalue weighted by molar-refractivity contribution is -0.142. The van der Waals surface area contributed by atoms with Gasteiger partial charge in [-0.05, 0) is 69.4 Å². The fourth-order valence-corrected chi connectivity index (χ4v) is 4.14. The van der Waals surface area contributed by atoms with E-state index in [0.717, 1.165) is 12.0 Å². The molecule has 7 heteroatoms. The van der Waals surface area contributed by atoms with Crippen molar-refractivity contribution >= 4 is 23.6 Å². The van der Waals surface area contributed by atoms with Gasteiger partial charge in [0.1, 0.15) is 17.7 Å². The fourth-order valence-electron chi connectivity index (χ4n) is 4.14. The summed E-state index contributed by atoms with van der Waals surface area (Å²) in [6, 6.07) is 12.8. The predicted octanol–water partition coefficient (Wildman–Crippen LogP) is 6.22. The van der Waals surface area contributed by atoms with Gasteiger partial charge in [0.05, 0.1) is 0 Å². The van der Waals surface area contributed by atoms with E-state index >= 15 is 0 Å². The summed E-state index contributed by atoms with van der Waals surface area (Å²) in [6.45, 7) is 13.4. The molecule has 2 rings (SSSR count). The summed E-state index contributed by atoms with van der Waals surface area (Å²) in [5.74, 6) is 1.71. The molecule has 0 aliphatic carbocycles. The summed E-state index contributed by atoms with van der Waals surface area (Å²) in [6.07, 6.45) is 7.04. The second-order valence-corrected chi connectivity index (χ2v) is 10.9. The van der Waals surface area contributed by atoms with E-state index in [2.05, 4.69) is 16.6 Å². The lowest BCUT2D eigenvalue weighted by Crippen LogP contribution is -2.55. The molecule has 2 N–H and O–H groups in total. The molecule has 2 aromatic rings. The Morgan fingerprint density at radius 2 is 1.69 bits per heavy atom. The van der Waals surface area contributed by atoms with E-state index in [4.69, 9.17) is 11.2 Å². The van der Waals surface area contributed by atoms with E-state index in [9.17, 15) is 14.4 Å². The Morgan fingerprint density at radius 3 is 2.23 bits per heavy atom. The number of aryl methyl sites for hydroxylation is 1. The van der Waals surface area contributed by atoms with Crippen molar-refractivity contribution in [1.29, 1.82) is 0 Å². The van der Waals surface area contributed by atoms with Crippen molar-refractivity contribution in [2.45, 2.75) is 85.4 Å². The maximum atomic E-state index is 14.3. The number of carbonyl (C=O) groups excluding carboxylic acids is 3. The highest BCUT2D eigenvalue weighted by molar-refractivity contribution is 5.99. The summed E-state index contributed by atoms with van der Waals surface area (Å²) < 4.78 is 5.47. The van der Waals surface area contributed by atoms with Crippen LogP contribution in [-0.2, 0) is 14.3 Å². The molecule has 0 spiro atoms. The first kappa shape index (κ1) is 31.4. The zero-order chi connectivity index (χ0) is 29.2. The molecular weight excluding hydrogens is 490 g/mol. The lowest BCUT2D eigenvalue weighted by atomic mass is 9.95. The number of nitrogens with one attached hydrogen (secondary N) is 2. The number of ether oxygens (including phenoxy) is 1. The van der Waals surface area contributed by atoms with Crippen LogP contribution in [0.5, 0.6) is 0 Å². The van der Waals surface area contributed by atoms with Crippen molar-refractivity contribution in [3.05, 3.63) is 65.2 Å². The van der Waals surface area contributed by atoms with Gasteiger partial charge in [-0.15, -0.1) is 6.42 Å². The van der Waals surface area contributed by atoms with Crippen molar-refractivity contribution in [3.63, 3.8) is 0 Å². The van der Waals surface area contributed by atoms with Gasteiger partial charge in [0.25, 0.3) is 5.91 Å². The molecule has 0 bridgehead atoms. The number of terminal acetylenes is 1. The van der Waals surface area contributed by atoms with Crippen molar-refractivity contribution in [2.24, 2.45) is 5.92 Å². The van der Waals surface area contributed by atoms with Crippen LogP contribution in [0.15, 0.2) is 48.5 Å². The third-order valence-corrected chi connectivity index (χ3v) is 6.54. The third kappa shape index (κ3) is 9.17. The van der Waals surface area contributed by atoms with Crippen LogP contribution in [0, 0.1) is 25.2 Å². The predicted molar refractivity (Wildman–Crippen MR) is 156 cm³/mol. The van der Waals surface area contributed by atoms with Crippen LogP contribution in [-0.4, -0.2) is 41.0 Å². The van der Waals surface area contributed by atoms with Crippen LogP contribution in [0.2, 0.25) is 0 Å². The monoisotopic (exact) mass is 533 g/mol. The maximum absolute atomic E-state index is 14.3. The minimum atomic E-state index is -0.942. The van der Waals surface area contributed by atoms with Crippen LogP contribution in [0.4, 0.5) is 10.5 Å². The average Bonchev–Trinajstić information content (AvgIpc) is 2.89. The molecule has 0 saturated carbocycles. The molecule has 0 fully saturated rings. The van der Waals surface area contributed by atoms with Gasteiger partial charge in [-0.2, -0.15) is 0 Å². The normalized spacial score (nSPS) is 13.4. The molecule has 0 saturated heterocycles. The minimum Gasteiger partial charge on any atom is -0.444 e. The number of benzene rings is 2. The number of hydrogen-bond acceptors (Lipinski definition) is 4. The second-order valence-electron chi connectivity index (χ2n) is 10.9. The second kappa shape index (κ2) is 14.4. The number of rotatable bonds is 11. The molecule has 2 aromatic carbocycles. The van der Waals surface area contributed by atoms with Gasteiger partial charge in [-0.1, -0.05) is 69.9 Å². The van der Waals surface area contributed by atoms with Gasteiger partial charge in [-0.3, -0.25) is 9.59 Å². The summed E-state index contributed by atoms with van der Waals surface area (Å²) in [5.41, 5.74) is 2.16. The number of amides is 3. The van der Waals surface area contributed by atoms with Gasteiger partial charge in [0.2, 0.25) is 5.91 Å². The highest BCUT2D eigenvalue weighted by Crippen LogP contribution is 2.27. The molecule has 0 aliphatic heterocycles. The lowest BCUT2D eigenvalue weighted by Gasteiger charge is -2.36. The highest BCUT2D eigenvalue weighted by atomic mass is 16.6. The Morgan fingerprint density at radius 1 is 1.05 bits per heavy atom. The standard InChI is InChI=1S/C32H43N3O4/c1-9-12-21-35(30(37)27(22(4)10-2)34-31(38)39-32(6,7)8)28(25-19-17-24(11-3)18-20-25)29(36)33-26-16-14-13-15-23(26)5/h3,13-20,22,27-28H,9-10,12,21H2,1-2,4-8H3,(H,33,36)(H,34,38). The Hall–Kier alpha value is -3.79. The van der Waals surface area contributed by atoms with Crippen LogP contribution >= 0.6 is 0 Å². The molecule has 0 heterocycles. The zero-order valence-corrected chi connectivity index (χ0v) is 24.3. The molecule has 0 radical (unpaired) electrons. The fraction of sp³-hybridized carbons (Fsp3) is 0.469. The van der Waals surface area contributed by atoms with E-state index in [1.54, 1.807) is 49.9 Å². The van der Waals surface area contributed by atoms with Crippen molar-refractivity contribution in [1.82, 2.24) is 10.2 Å². The summed E-state index contributed by atoms with van der Waals surface area (Å²) in [5, 5.41) is 5.81. The summed E-state index contributed by atoms with van der Waals surface area (Å²) in [4.78, 5) is 42.5. The Labute approximate surface area is 233 Å². The Bertz CT molecular complexity index is 1160. The molecule has 3 amide bonds. The molecular formula is C32H43N3O4. The third-order valence-electron chi connectivity index (χ3n) is 6.54. The zero-order valence-electron chi connectivity index (χ0n) is 24.3. The number of carbonyl (C=O) groups is 3. The summed E-state index contributed by atoms with van der Waals surface area (Å²) in [7, 11) is 0. The number of para-hydroxylation sites is 1. The van der Waals surface area contributed by atoms with Crippen molar-refractivity contribution in [3.8, 4) is 12.3 Å². The average molecular weight is 534 g/mol. The van der Waals surface area contributed by atoms with Crippen molar-refractivity contribution < 1.29 is 19.1 Å². The van der Waals surface area contributed by atoms with E-state index < -0.39 is 23.8 Å². The quantitative estimate of drug-likeness (QED) is 0.336. The molecule has 210 valence electrons. The Kier molecular flexibility index (Phi) is 11.6. The molecule has 3 atom stereocenters. The maximum Gasteiger partial charge on any atom is 0.408 e. The number of unbranched alkanes of at least 4 members (excludes halogenated alkanes) is 1. The SMILES string of the molecule is C#Cc1ccc(C(C(=O)Nc2ccccc2C)N(CCCC)C(=O)C(NC(=O)OC(C)(C)C)C(C)CC)cc1. The smallest absolute Gasteiger partial charge is 0.408 e. The van der Waals surface area contributed by atoms with E-state index in [0.29, 0.717) is 36.2 Å². The minimum absolute atomic E-state index is 0.196. The van der Waals surface area contributed by atoms with Gasteiger partial charge < -0.3 is 20.3 Å². The van der Waals surface area contributed by atoms with Crippen LogP contribution in [0.1, 0.15) is 83.5 Å². The van der Waals surface area contributed by atoms with Gasteiger partial charge in [-0.25, -0.2) is 4.79 Å². The molecule has 0 aliphatic rings. The van der Waals surface area contributed by atoms with Gasteiger partial charge in [0.15, 0.2) is 0 Å². The molecule has 3 unspecified atom stereocenters. The molecule has 39 heavy (non-hydrogen) atoms. The van der Waals surface area contributed by atoms with Crippen LogP contribution < -0.4 is 10.6 Å². The molecule has 0 aromatic heterocycles. The van der Waals surface area contributed by atoms with E-state index in [1.165, 1.54) is 0 Å².